The summed E-state index contributed by atoms with van der Waals surface area (Å²) >= 11 is 0. The fraction of sp³-hybridized carbons (Fsp3) is 0.267. The number of nitrogens with one attached hydrogen (secondary N) is 1. The molecule has 0 spiro atoms. The van der Waals surface area contributed by atoms with Crippen LogP contribution in [0, 0.1) is 0 Å². The van der Waals surface area contributed by atoms with Crippen molar-refractivity contribution in [2.45, 2.75) is 26.4 Å². The van der Waals surface area contributed by atoms with Crippen molar-refractivity contribution in [1.82, 2.24) is 24.8 Å². The Balaban J connectivity index is 1.71. The van der Waals surface area contributed by atoms with Gasteiger partial charge in [0.1, 0.15) is 6.33 Å². The third kappa shape index (κ3) is 3.10. The molecule has 0 amide bonds. The van der Waals surface area contributed by atoms with Crippen LogP contribution in [0.25, 0.3) is 5.69 Å². The van der Waals surface area contributed by atoms with E-state index in [1.54, 1.807) is 11.0 Å². The fourth-order valence-electron chi connectivity index (χ4n) is 2.30. The second-order valence-corrected chi connectivity index (χ2v) is 4.85. The molecule has 3 aromatic rings. The molecule has 3 rings (SSSR count). The standard InChI is InChI=1S/C15H18N6/c1-2-8-20-9-4-7-15(20)11-16-13-5-3-6-14(10-13)21-12-17-18-19-21/h3-7,9-10,12,16H,2,8,11H2,1H3. The molecule has 2 aromatic heterocycles. The third-order valence-corrected chi connectivity index (χ3v) is 3.32. The SMILES string of the molecule is CCCn1cccc1CNc1cccc(-n2cnnn2)c1. The van der Waals surface area contributed by atoms with Crippen molar-refractivity contribution in [1.29, 1.82) is 0 Å². The van der Waals surface area contributed by atoms with E-state index in [0.29, 0.717) is 0 Å². The molecule has 0 aliphatic carbocycles. The van der Waals surface area contributed by atoms with Crippen LogP contribution in [0.4, 0.5) is 5.69 Å². The monoisotopic (exact) mass is 282 g/mol. The Kier molecular flexibility index (Phi) is 3.95. The number of nitrogens with zero attached hydrogens (tertiary/aromatic N) is 5. The Labute approximate surface area is 123 Å². The fourth-order valence-corrected chi connectivity index (χ4v) is 2.30. The van der Waals surface area contributed by atoms with Crippen molar-refractivity contribution in [2.24, 2.45) is 0 Å². The molecule has 0 saturated carbocycles. The number of tetrazole rings is 1. The molecule has 0 fully saturated rings. The average molecular weight is 282 g/mol. The first-order chi connectivity index (χ1) is 10.4. The quantitative estimate of drug-likeness (QED) is 0.754. The van der Waals surface area contributed by atoms with E-state index in [1.807, 2.05) is 24.3 Å². The number of aromatic nitrogens is 5. The first-order valence-electron chi connectivity index (χ1n) is 7.08. The average Bonchev–Trinajstić information content (AvgIpc) is 3.18. The highest BCUT2D eigenvalue weighted by atomic mass is 15.5. The smallest absolute Gasteiger partial charge is 0.143 e. The van der Waals surface area contributed by atoms with Crippen molar-refractivity contribution in [3.8, 4) is 5.69 Å². The molecule has 0 atom stereocenters. The van der Waals surface area contributed by atoms with Gasteiger partial charge in [0.15, 0.2) is 0 Å². The summed E-state index contributed by atoms with van der Waals surface area (Å²) < 4.78 is 3.92. The van der Waals surface area contributed by atoms with Crippen molar-refractivity contribution in [3.63, 3.8) is 0 Å². The highest BCUT2D eigenvalue weighted by molar-refractivity contribution is 5.50. The topological polar surface area (TPSA) is 60.6 Å². The Bertz CT molecular complexity index is 686. The zero-order valence-electron chi connectivity index (χ0n) is 12.0. The first-order valence-corrected chi connectivity index (χ1v) is 7.08. The largest absolute Gasteiger partial charge is 0.379 e. The number of hydrogen-bond donors (Lipinski definition) is 1. The lowest BCUT2D eigenvalue weighted by molar-refractivity contribution is 0.654. The normalized spacial score (nSPS) is 10.7. The van der Waals surface area contributed by atoms with Gasteiger partial charge in [-0.1, -0.05) is 13.0 Å². The summed E-state index contributed by atoms with van der Waals surface area (Å²) in [5.74, 6) is 0. The molecule has 2 heterocycles. The van der Waals surface area contributed by atoms with Crippen LogP contribution in [0.3, 0.4) is 0 Å². The maximum atomic E-state index is 3.90. The van der Waals surface area contributed by atoms with E-state index in [9.17, 15) is 0 Å². The van der Waals surface area contributed by atoms with Crippen LogP contribution in [-0.4, -0.2) is 24.8 Å². The van der Waals surface area contributed by atoms with Crippen LogP contribution in [0.5, 0.6) is 0 Å². The Morgan fingerprint density at radius 2 is 2.14 bits per heavy atom. The molecule has 0 unspecified atom stereocenters. The minimum atomic E-state index is 0.798. The summed E-state index contributed by atoms with van der Waals surface area (Å²) in [6, 6.07) is 12.3. The minimum Gasteiger partial charge on any atom is -0.379 e. The molecule has 6 nitrogen and oxygen atoms in total. The molecule has 0 aliphatic rings. The van der Waals surface area contributed by atoms with E-state index in [0.717, 1.165) is 30.9 Å². The molecule has 0 saturated heterocycles. The molecule has 1 aromatic carbocycles. The lowest BCUT2D eigenvalue weighted by Crippen LogP contribution is -2.07. The zero-order valence-corrected chi connectivity index (χ0v) is 12.0. The van der Waals surface area contributed by atoms with Gasteiger partial charge in [0.25, 0.3) is 0 Å². The van der Waals surface area contributed by atoms with Gasteiger partial charge >= 0.3 is 0 Å². The number of rotatable bonds is 6. The van der Waals surface area contributed by atoms with Gasteiger partial charge in [0.2, 0.25) is 0 Å². The summed E-state index contributed by atoms with van der Waals surface area (Å²) in [6.45, 7) is 4.04. The van der Waals surface area contributed by atoms with Gasteiger partial charge in [-0.3, -0.25) is 0 Å². The van der Waals surface area contributed by atoms with Crippen LogP contribution >= 0.6 is 0 Å². The van der Waals surface area contributed by atoms with E-state index in [2.05, 4.69) is 50.7 Å². The molecule has 6 heteroatoms. The number of benzene rings is 1. The van der Waals surface area contributed by atoms with E-state index in [1.165, 1.54) is 5.69 Å². The van der Waals surface area contributed by atoms with E-state index in [4.69, 9.17) is 0 Å². The van der Waals surface area contributed by atoms with Crippen molar-refractivity contribution < 1.29 is 0 Å². The van der Waals surface area contributed by atoms with Gasteiger partial charge in [-0.25, -0.2) is 4.68 Å². The Morgan fingerprint density at radius 1 is 1.19 bits per heavy atom. The molecule has 0 aliphatic heterocycles. The summed E-state index contributed by atoms with van der Waals surface area (Å²) in [5.41, 5.74) is 3.27. The van der Waals surface area contributed by atoms with Crippen LogP contribution in [0.15, 0.2) is 48.9 Å². The van der Waals surface area contributed by atoms with Crippen molar-refractivity contribution in [2.75, 3.05) is 5.32 Å². The summed E-state index contributed by atoms with van der Waals surface area (Å²) in [7, 11) is 0. The molecule has 0 bridgehead atoms. The molecule has 0 radical (unpaired) electrons. The lowest BCUT2D eigenvalue weighted by atomic mass is 10.2. The zero-order chi connectivity index (χ0) is 14.5. The van der Waals surface area contributed by atoms with Gasteiger partial charge < -0.3 is 9.88 Å². The van der Waals surface area contributed by atoms with Crippen LogP contribution in [0.1, 0.15) is 19.0 Å². The predicted molar refractivity (Wildman–Crippen MR) is 81.2 cm³/mol. The Morgan fingerprint density at radius 3 is 2.95 bits per heavy atom. The van der Waals surface area contributed by atoms with Gasteiger partial charge in [-0.05, 0) is 47.2 Å². The van der Waals surface area contributed by atoms with Gasteiger partial charge in [0.05, 0.1) is 12.2 Å². The van der Waals surface area contributed by atoms with Crippen LogP contribution in [0.2, 0.25) is 0 Å². The van der Waals surface area contributed by atoms with E-state index < -0.39 is 0 Å². The van der Waals surface area contributed by atoms with E-state index in [-0.39, 0.29) is 0 Å². The molecule has 108 valence electrons. The van der Waals surface area contributed by atoms with Gasteiger partial charge in [-0.2, -0.15) is 0 Å². The van der Waals surface area contributed by atoms with Gasteiger partial charge in [-0.15, -0.1) is 5.10 Å². The number of anilines is 1. The van der Waals surface area contributed by atoms with Crippen LogP contribution in [-0.2, 0) is 13.1 Å². The highest BCUT2D eigenvalue weighted by Crippen LogP contribution is 2.15. The number of hydrogen-bond acceptors (Lipinski definition) is 4. The first kappa shape index (κ1) is 13.4. The second kappa shape index (κ2) is 6.21. The minimum absolute atomic E-state index is 0.798. The molecular weight excluding hydrogens is 264 g/mol. The molecule has 1 N–H and O–H groups in total. The van der Waals surface area contributed by atoms with Gasteiger partial charge in [0, 0.05) is 24.1 Å². The molecule has 21 heavy (non-hydrogen) atoms. The summed E-state index contributed by atoms with van der Waals surface area (Å²) in [6.07, 6.45) is 4.85. The highest BCUT2D eigenvalue weighted by Gasteiger charge is 2.02. The van der Waals surface area contributed by atoms with Crippen LogP contribution < -0.4 is 5.32 Å². The maximum absolute atomic E-state index is 3.90. The predicted octanol–water partition coefficient (Wildman–Crippen LogP) is 2.49. The van der Waals surface area contributed by atoms with Crippen molar-refractivity contribution >= 4 is 5.69 Å². The lowest BCUT2D eigenvalue weighted by Gasteiger charge is -2.11. The summed E-state index contributed by atoms with van der Waals surface area (Å²) in [5, 5.41) is 14.7. The number of aryl methyl sites for hydroxylation is 1. The van der Waals surface area contributed by atoms with E-state index >= 15 is 0 Å². The molecular formula is C15H18N6. The summed E-state index contributed by atoms with van der Waals surface area (Å²) in [4.78, 5) is 0. The second-order valence-electron chi connectivity index (χ2n) is 4.85. The third-order valence-electron chi connectivity index (χ3n) is 3.32. The van der Waals surface area contributed by atoms with Crippen molar-refractivity contribution in [3.05, 3.63) is 54.6 Å². The Hall–Kier alpha value is -2.63. The maximum Gasteiger partial charge on any atom is 0.143 e.